The highest BCUT2D eigenvalue weighted by Crippen LogP contribution is 2.19. The zero-order chi connectivity index (χ0) is 19.0. The molecule has 7 heteroatoms. The molecule has 0 radical (unpaired) electrons. The number of aliphatic hydroxyl groups excluding tert-OH is 1. The molecule has 0 spiro atoms. The number of aromatic nitrogens is 3. The highest BCUT2D eigenvalue weighted by atomic mass is 19.1. The molecule has 0 saturated carbocycles. The molecule has 0 aliphatic carbocycles. The van der Waals surface area contributed by atoms with Gasteiger partial charge in [-0.05, 0) is 48.0 Å². The van der Waals surface area contributed by atoms with E-state index in [0.717, 1.165) is 0 Å². The van der Waals surface area contributed by atoms with E-state index in [2.05, 4.69) is 5.10 Å². The summed E-state index contributed by atoms with van der Waals surface area (Å²) in [5.74, 6) is -0.739. The SMILES string of the molecule is O=c1c2cc(-c3ccc(F)cc3)nn2ccn1C[C@H](O)c1ccc(F)cc1. The second-order valence-corrected chi connectivity index (χ2v) is 6.19. The number of hydrogen-bond acceptors (Lipinski definition) is 3. The van der Waals surface area contributed by atoms with Crippen molar-refractivity contribution < 1.29 is 13.9 Å². The van der Waals surface area contributed by atoms with Crippen LogP contribution in [0.5, 0.6) is 0 Å². The number of fused-ring (bicyclic) bond motifs is 1. The summed E-state index contributed by atoms with van der Waals surface area (Å²) in [5.41, 5.74) is 1.77. The van der Waals surface area contributed by atoms with Gasteiger partial charge in [0.15, 0.2) is 0 Å². The zero-order valence-electron chi connectivity index (χ0n) is 14.1. The molecule has 2 aromatic heterocycles. The van der Waals surface area contributed by atoms with Crippen LogP contribution in [0.15, 0.2) is 71.8 Å². The summed E-state index contributed by atoms with van der Waals surface area (Å²) in [6, 6.07) is 12.9. The third-order valence-corrected chi connectivity index (χ3v) is 4.37. The second kappa shape index (κ2) is 6.77. The third-order valence-electron chi connectivity index (χ3n) is 4.37. The fourth-order valence-corrected chi connectivity index (χ4v) is 2.91. The fraction of sp³-hybridized carbons (Fsp3) is 0.100. The number of halogens is 2. The van der Waals surface area contributed by atoms with Gasteiger partial charge in [-0.15, -0.1) is 0 Å². The standard InChI is InChI=1S/C20H15F2N3O2/c21-15-5-1-13(2-6-15)17-11-18-20(27)24(9-10-25(18)23-17)12-19(26)14-3-7-16(22)8-4-14/h1-11,19,26H,12H2/t19-/m0/s1. The van der Waals surface area contributed by atoms with E-state index in [1.807, 2.05) is 0 Å². The van der Waals surface area contributed by atoms with Crippen LogP contribution >= 0.6 is 0 Å². The summed E-state index contributed by atoms with van der Waals surface area (Å²) >= 11 is 0. The minimum absolute atomic E-state index is 0.0258. The van der Waals surface area contributed by atoms with Crippen LogP contribution in [0.1, 0.15) is 11.7 Å². The Morgan fingerprint density at radius 1 is 0.963 bits per heavy atom. The van der Waals surface area contributed by atoms with E-state index in [-0.39, 0.29) is 17.9 Å². The van der Waals surface area contributed by atoms with Gasteiger partial charge in [0.2, 0.25) is 0 Å². The maximum absolute atomic E-state index is 13.1. The topological polar surface area (TPSA) is 59.5 Å². The first-order valence-electron chi connectivity index (χ1n) is 8.29. The van der Waals surface area contributed by atoms with E-state index in [0.29, 0.717) is 22.3 Å². The minimum Gasteiger partial charge on any atom is -0.387 e. The Hall–Kier alpha value is -3.32. The Balaban J connectivity index is 1.66. The lowest BCUT2D eigenvalue weighted by molar-refractivity contribution is 0.155. The van der Waals surface area contributed by atoms with Crippen molar-refractivity contribution in [1.82, 2.24) is 14.2 Å². The molecular weight excluding hydrogens is 352 g/mol. The summed E-state index contributed by atoms with van der Waals surface area (Å²) in [5, 5.41) is 14.7. The maximum Gasteiger partial charge on any atom is 0.276 e. The van der Waals surface area contributed by atoms with Crippen LogP contribution in [0, 0.1) is 11.6 Å². The minimum atomic E-state index is -0.953. The molecule has 1 N–H and O–H groups in total. The van der Waals surface area contributed by atoms with Crippen LogP contribution in [0.25, 0.3) is 16.8 Å². The lowest BCUT2D eigenvalue weighted by atomic mass is 10.1. The molecule has 136 valence electrons. The van der Waals surface area contributed by atoms with Crippen molar-refractivity contribution in [2.45, 2.75) is 12.6 Å². The first-order chi connectivity index (χ1) is 13.0. The van der Waals surface area contributed by atoms with Crippen LogP contribution in [0.2, 0.25) is 0 Å². The van der Waals surface area contributed by atoms with Gasteiger partial charge in [-0.3, -0.25) is 4.79 Å². The molecule has 27 heavy (non-hydrogen) atoms. The van der Waals surface area contributed by atoms with E-state index < -0.39 is 11.9 Å². The van der Waals surface area contributed by atoms with E-state index in [1.165, 1.54) is 51.7 Å². The molecule has 0 amide bonds. The van der Waals surface area contributed by atoms with Gasteiger partial charge < -0.3 is 9.67 Å². The number of rotatable bonds is 4. The Morgan fingerprint density at radius 3 is 2.26 bits per heavy atom. The molecule has 4 rings (SSSR count). The first kappa shape index (κ1) is 17.1. The summed E-state index contributed by atoms with van der Waals surface area (Å²) in [6.45, 7) is 0.0258. The Morgan fingerprint density at radius 2 is 1.59 bits per heavy atom. The molecule has 0 aliphatic heterocycles. The van der Waals surface area contributed by atoms with Gasteiger partial charge in [-0.2, -0.15) is 5.10 Å². The molecule has 0 fully saturated rings. The van der Waals surface area contributed by atoms with E-state index >= 15 is 0 Å². The van der Waals surface area contributed by atoms with Gasteiger partial charge in [0.25, 0.3) is 5.56 Å². The molecule has 2 heterocycles. The Bertz CT molecular complexity index is 1150. The van der Waals surface area contributed by atoms with Crippen LogP contribution < -0.4 is 5.56 Å². The smallest absolute Gasteiger partial charge is 0.276 e. The zero-order valence-corrected chi connectivity index (χ0v) is 14.1. The third kappa shape index (κ3) is 3.37. The largest absolute Gasteiger partial charge is 0.387 e. The normalized spacial score (nSPS) is 12.4. The molecule has 5 nitrogen and oxygen atoms in total. The number of aliphatic hydroxyl groups is 1. The Labute approximate surface area is 152 Å². The van der Waals surface area contributed by atoms with Crippen molar-refractivity contribution in [3.05, 3.63) is 94.5 Å². The van der Waals surface area contributed by atoms with Gasteiger partial charge in [0, 0.05) is 18.0 Å². The molecule has 1 atom stereocenters. The monoisotopic (exact) mass is 367 g/mol. The van der Waals surface area contributed by atoms with Gasteiger partial charge in [-0.1, -0.05) is 12.1 Å². The summed E-state index contributed by atoms with van der Waals surface area (Å²) < 4.78 is 28.9. The van der Waals surface area contributed by atoms with Crippen molar-refractivity contribution in [2.24, 2.45) is 0 Å². The summed E-state index contributed by atoms with van der Waals surface area (Å²) in [7, 11) is 0. The lowest BCUT2D eigenvalue weighted by Crippen LogP contribution is -2.24. The second-order valence-electron chi connectivity index (χ2n) is 6.19. The van der Waals surface area contributed by atoms with E-state index in [4.69, 9.17) is 0 Å². The quantitative estimate of drug-likeness (QED) is 0.603. The number of hydrogen-bond donors (Lipinski definition) is 1. The van der Waals surface area contributed by atoms with Gasteiger partial charge >= 0.3 is 0 Å². The molecular formula is C20H15F2N3O2. The Kier molecular flexibility index (Phi) is 4.29. The predicted molar refractivity (Wildman–Crippen MR) is 96.2 cm³/mol. The predicted octanol–water partition coefficient (Wildman–Crippen LogP) is 3.17. The highest BCUT2D eigenvalue weighted by Gasteiger charge is 2.13. The fourth-order valence-electron chi connectivity index (χ4n) is 2.91. The molecule has 2 aromatic carbocycles. The van der Waals surface area contributed by atoms with Gasteiger partial charge in [-0.25, -0.2) is 13.3 Å². The van der Waals surface area contributed by atoms with Crippen molar-refractivity contribution in [3.8, 4) is 11.3 Å². The highest BCUT2D eigenvalue weighted by molar-refractivity contribution is 5.65. The number of benzene rings is 2. The van der Waals surface area contributed by atoms with Crippen molar-refractivity contribution >= 4 is 5.52 Å². The average Bonchev–Trinajstić information content (AvgIpc) is 3.10. The van der Waals surface area contributed by atoms with Crippen molar-refractivity contribution in [2.75, 3.05) is 0 Å². The molecule has 0 unspecified atom stereocenters. The maximum atomic E-state index is 13.1. The van der Waals surface area contributed by atoms with Crippen LogP contribution in [-0.4, -0.2) is 19.3 Å². The van der Waals surface area contributed by atoms with Gasteiger partial charge in [0.05, 0.1) is 18.3 Å². The first-order valence-corrected chi connectivity index (χ1v) is 8.29. The van der Waals surface area contributed by atoms with Crippen LogP contribution in [-0.2, 0) is 6.54 Å². The molecule has 0 aliphatic rings. The molecule has 4 aromatic rings. The van der Waals surface area contributed by atoms with Crippen molar-refractivity contribution in [1.29, 1.82) is 0 Å². The average molecular weight is 367 g/mol. The number of nitrogens with zero attached hydrogens (tertiary/aromatic N) is 3. The lowest BCUT2D eigenvalue weighted by Gasteiger charge is -2.13. The van der Waals surface area contributed by atoms with E-state index in [9.17, 15) is 18.7 Å². The van der Waals surface area contributed by atoms with Gasteiger partial charge in [0.1, 0.15) is 17.2 Å². The molecule has 0 saturated heterocycles. The van der Waals surface area contributed by atoms with Crippen LogP contribution in [0.4, 0.5) is 8.78 Å². The summed E-state index contributed by atoms with van der Waals surface area (Å²) in [4.78, 5) is 12.7. The van der Waals surface area contributed by atoms with Crippen LogP contribution in [0.3, 0.4) is 0 Å². The molecule has 0 bridgehead atoms. The van der Waals surface area contributed by atoms with E-state index in [1.54, 1.807) is 24.4 Å². The summed E-state index contributed by atoms with van der Waals surface area (Å²) in [6.07, 6.45) is 2.19. The van der Waals surface area contributed by atoms with Crippen molar-refractivity contribution in [3.63, 3.8) is 0 Å².